The molecule has 10 nitrogen and oxygen atoms in total. The smallest absolute Gasteiger partial charge is 0.303 e. The average Bonchev–Trinajstić information content (AvgIpc) is 3.52. The molecule has 254 valence electrons. The molecule has 1 spiro atoms. The van der Waals surface area contributed by atoms with Crippen molar-refractivity contribution in [2.45, 2.75) is 69.9 Å². The minimum absolute atomic E-state index is 0.0166. The number of carbonyl (C=O) groups is 5. The molecule has 4 N–H and O–H groups in total. The normalized spacial score (nSPS) is 16.7. The Labute approximate surface area is 289 Å². The molecule has 3 aromatic carbocycles. The number of piperidine rings is 1. The Kier molecular flexibility index (Phi) is 11.6. The van der Waals surface area contributed by atoms with Crippen molar-refractivity contribution < 1.29 is 29.1 Å². The lowest BCUT2D eigenvalue weighted by atomic mass is 9.77. The molecule has 3 aromatic rings. The van der Waals surface area contributed by atoms with Crippen molar-refractivity contribution in [1.82, 2.24) is 20.9 Å². The van der Waals surface area contributed by atoms with Gasteiger partial charge in [-0.3, -0.25) is 24.0 Å². The van der Waals surface area contributed by atoms with Gasteiger partial charge in [-0.1, -0.05) is 72.4 Å². The Bertz CT molecular complexity index is 1660. The van der Waals surface area contributed by atoms with Crippen molar-refractivity contribution >= 4 is 63.6 Å². The number of hydrogen-bond acceptors (Lipinski definition) is 5. The molecule has 0 bridgehead atoms. The maximum Gasteiger partial charge on any atom is 0.303 e. The number of halogens is 2. The van der Waals surface area contributed by atoms with Gasteiger partial charge in [0.2, 0.25) is 11.8 Å². The van der Waals surface area contributed by atoms with E-state index in [0.29, 0.717) is 29.5 Å². The lowest BCUT2D eigenvalue weighted by Crippen LogP contribution is -2.53. The Morgan fingerprint density at radius 3 is 2.12 bits per heavy atom. The van der Waals surface area contributed by atoms with Crippen molar-refractivity contribution in [1.29, 1.82) is 0 Å². The summed E-state index contributed by atoms with van der Waals surface area (Å²) in [7, 11) is 0. The van der Waals surface area contributed by atoms with Crippen LogP contribution in [0, 0.1) is 5.41 Å². The molecule has 0 aromatic heterocycles. The van der Waals surface area contributed by atoms with E-state index < -0.39 is 35.8 Å². The highest BCUT2D eigenvalue weighted by molar-refractivity contribution is 6.35. The van der Waals surface area contributed by atoms with Gasteiger partial charge in [0.25, 0.3) is 11.8 Å². The molecule has 0 radical (unpaired) electrons. The lowest BCUT2D eigenvalue weighted by molar-refractivity contribution is -0.138. The van der Waals surface area contributed by atoms with Gasteiger partial charge in [-0.25, -0.2) is 0 Å². The molecule has 1 saturated carbocycles. The van der Waals surface area contributed by atoms with Crippen molar-refractivity contribution in [2.75, 3.05) is 19.6 Å². The molecule has 2 aliphatic rings. The molecule has 1 unspecified atom stereocenters. The third-order valence-corrected chi connectivity index (χ3v) is 10.00. The number of carbonyl (C=O) groups excluding carboxylic acids is 4. The predicted molar refractivity (Wildman–Crippen MR) is 184 cm³/mol. The van der Waals surface area contributed by atoms with Gasteiger partial charge >= 0.3 is 5.97 Å². The number of benzene rings is 3. The summed E-state index contributed by atoms with van der Waals surface area (Å²) in [6.45, 7) is 1.17. The number of aliphatic carboxylic acids is 1. The van der Waals surface area contributed by atoms with Crippen LogP contribution >= 0.6 is 23.2 Å². The topological polar surface area (TPSA) is 145 Å². The number of amides is 4. The Balaban J connectivity index is 1.27. The summed E-state index contributed by atoms with van der Waals surface area (Å²) in [5.41, 5.74) is 0.849. The Hall–Kier alpha value is -4.15. The van der Waals surface area contributed by atoms with Gasteiger partial charge in [0.1, 0.15) is 12.1 Å². The van der Waals surface area contributed by atoms with Crippen LogP contribution in [0.2, 0.25) is 10.0 Å². The van der Waals surface area contributed by atoms with Crippen LogP contribution in [0.25, 0.3) is 10.8 Å². The standard InChI is InChI=1S/C36H40Cl2N4O6/c37-25-20-24(21-26(38)22-25)32(45)41-30(35(48)42-18-15-36(16-19-42)13-3-4-14-36)12-17-39-34(47)29(10-11-31(43)44)40-33(46)28-9-5-7-23-6-1-2-8-27(23)28/h1-2,5-9,20-22,29-30H,3-4,10-19H2,(H,39,47)(H,40,46)(H,41,45)(H,43,44)/t29?,30-/m1/s1. The first-order valence-electron chi connectivity index (χ1n) is 16.4. The van der Waals surface area contributed by atoms with Crippen molar-refractivity contribution in [3.8, 4) is 0 Å². The molecule has 5 rings (SSSR count). The Morgan fingerprint density at radius 2 is 1.44 bits per heavy atom. The summed E-state index contributed by atoms with van der Waals surface area (Å²) in [6, 6.07) is 14.9. The van der Waals surface area contributed by atoms with Crippen molar-refractivity contribution in [2.24, 2.45) is 5.41 Å². The van der Waals surface area contributed by atoms with Gasteiger partial charge < -0.3 is 26.0 Å². The molecule has 2 atom stereocenters. The maximum absolute atomic E-state index is 13.8. The first-order valence-corrected chi connectivity index (χ1v) is 17.1. The number of nitrogens with zero attached hydrogens (tertiary/aromatic N) is 1. The van der Waals surface area contributed by atoms with Crippen LogP contribution in [-0.2, 0) is 14.4 Å². The van der Waals surface area contributed by atoms with Crippen LogP contribution < -0.4 is 16.0 Å². The molecule has 2 fully saturated rings. The van der Waals surface area contributed by atoms with Crippen molar-refractivity contribution in [3.63, 3.8) is 0 Å². The minimum atomic E-state index is -1.14. The van der Waals surface area contributed by atoms with E-state index in [1.165, 1.54) is 43.9 Å². The molecule has 1 heterocycles. The van der Waals surface area contributed by atoms with Crippen LogP contribution in [0.5, 0.6) is 0 Å². The Morgan fingerprint density at radius 1 is 0.792 bits per heavy atom. The lowest BCUT2D eigenvalue weighted by Gasteiger charge is -2.40. The average molecular weight is 696 g/mol. The van der Waals surface area contributed by atoms with Gasteiger partial charge in [-0.2, -0.15) is 0 Å². The number of nitrogens with one attached hydrogen (secondary N) is 3. The third kappa shape index (κ3) is 8.85. The second-order valence-electron chi connectivity index (χ2n) is 12.8. The molecule has 1 aliphatic carbocycles. The molecular weight excluding hydrogens is 655 g/mol. The first-order chi connectivity index (χ1) is 23.0. The van der Waals surface area contributed by atoms with Gasteiger partial charge in [0, 0.05) is 47.2 Å². The van der Waals surface area contributed by atoms with Crippen LogP contribution in [0.15, 0.2) is 60.7 Å². The molecular formula is C36H40Cl2N4O6. The van der Waals surface area contributed by atoms with Gasteiger partial charge in [-0.05, 0) is 79.0 Å². The second kappa shape index (κ2) is 15.8. The zero-order valence-corrected chi connectivity index (χ0v) is 28.1. The van der Waals surface area contributed by atoms with E-state index in [2.05, 4.69) is 16.0 Å². The zero-order chi connectivity index (χ0) is 34.3. The van der Waals surface area contributed by atoms with E-state index in [1.807, 2.05) is 24.3 Å². The van der Waals surface area contributed by atoms with E-state index in [-0.39, 0.29) is 47.3 Å². The van der Waals surface area contributed by atoms with E-state index in [9.17, 15) is 29.1 Å². The summed E-state index contributed by atoms with van der Waals surface area (Å²) in [5.74, 6) is -2.99. The zero-order valence-electron chi connectivity index (χ0n) is 26.6. The molecule has 48 heavy (non-hydrogen) atoms. The first kappa shape index (κ1) is 35.2. The number of hydrogen-bond donors (Lipinski definition) is 4. The second-order valence-corrected chi connectivity index (χ2v) is 13.7. The molecule has 4 amide bonds. The number of likely N-dealkylation sites (tertiary alicyclic amines) is 1. The highest BCUT2D eigenvalue weighted by Crippen LogP contribution is 2.46. The predicted octanol–water partition coefficient (Wildman–Crippen LogP) is 5.60. The largest absolute Gasteiger partial charge is 0.481 e. The van der Waals surface area contributed by atoms with E-state index >= 15 is 0 Å². The summed E-state index contributed by atoms with van der Waals surface area (Å²) in [4.78, 5) is 66.9. The number of carboxylic acid groups (broad SMARTS) is 1. The van der Waals surface area contributed by atoms with E-state index in [0.717, 1.165) is 18.2 Å². The van der Waals surface area contributed by atoms with Gasteiger partial charge in [0.15, 0.2) is 0 Å². The summed E-state index contributed by atoms with van der Waals surface area (Å²) in [6.07, 6.45) is 6.20. The number of fused-ring (bicyclic) bond motifs is 1. The fourth-order valence-corrected chi connectivity index (χ4v) is 7.42. The minimum Gasteiger partial charge on any atom is -0.481 e. The van der Waals surface area contributed by atoms with E-state index in [4.69, 9.17) is 23.2 Å². The molecule has 1 aliphatic heterocycles. The number of carboxylic acids is 1. The summed E-state index contributed by atoms with van der Waals surface area (Å²) >= 11 is 12.2. The fourth-order valence-electron chi connectivity index (χ4n) is 6.89. The van der Waals surface area contributed by atoms with Crippen molar-refractivity contribution in [3.05, 3.63) is 81.8 Å². The van der Waals surface area contributed by atoms with Crippen LogP contribution in [0.4, 0.5) is 0 Å². The van der Waals surface area contributed by atoms with Crippen LogP contribution in [-0.4, -0.2) is 71.3 Å². The van der Waals surface area contributed by atoms with Gasteiger partial charge in [0.05, 0.1) is 0 Å². The van der Waals surface area contributed by atoms with Gasteiger partial charge in [-0.15, -0.1) is 0 Å². The van der Waals surface area contributed by atoms with Crippen LogP contribution in [0.3, 0.4) is 0 Å². The quantitative estimate of drug-likeness (QED) is 0.194. The number of rotatable bonds is 12. The molecule has 1 saturated heterocycles. The SMILES string of the molecule is O=C(O)CCC(NC(=O)c1cccc2ccccc12)C(=O)NCC[C@@H](NC(=O)c1cc(Cl)cc(Cl)c1)C(=O)N1CCC2(CCCC2)CC1. The highest BCUT2D eigenvalue weighted by atomic mass is 35.5. The summed E-state index contributed by atoms with van der Waals surface area (Å²) in [5, 5.41) is 19.7. The fraction of sp³-hybridized carbons (Fsp3) is 0.417. The summed E-state index contributed by atoms with van der Waals surface area (Å²) < 4.78 is 0. The monoisotopic (exact) mass is 694 g/mol. The molecule has 12 heteroatoms. The highest BCUT2D eigenvalue weighted by Gasteiger charge is 2.39. The van der Waals surface area contributed by atoms with Crippen LogP contribution in [0.1, 0.15) is 78.5 Å². The maximum atomic E-state index is 13.8. The van der Waals surface area contributed by atoms with E-state index in [1.54, 1.807) is 23.1 Å². The third-order valence-electron chi connectivity index (χ3n) is 9.56.